The maximum absolute atomic E-state index is 10.9. The van der Waals surface area contributed by atoms with Gasteiger partial charge in [-0.3, -0.25) is 4.79 Å². The number of methoxy groups -OCH3 is 2. The van der Waals surface area contributed by atoms with E-state index in [4.69, 9.17) is 20.3 Å². The molecule has 0 aromatic heterocycles. The summed E-state index contributed by atoms with van der Waals surface area (Å²) in [5, 5.41) is 8.96. The summed E-state index contributed by atoms with van der Waals surface area (Å²) in [6, 6.07) is 5.67. The van der Waals surface area contributed by atoms with Gasteiger partial charge in [-0.25, -0.2) is 0 Å². The predicted molar refractivity (Wildman–Crippen MR) is 80.1 cm³/mol. The molecule has 2 atom stereocenters. The van der Waals surface area contributed by atoms with Gasteiger partial charge in [0.1, 0.15) is 0 Å². The average Bonchev–Trinajstić information content (AvgIpc) is 2.45. The molecular formula is C15H22N2O4. The first-order chi connectivity index (χ1) is 10.0. The van der Waals surface area contributed by atoms with Gasteiger partial charge in [0.05, 0.1) is 14.2 Å². The first kappa shape index (κ1) is 15.4. The van der Waals surface area contributed by atoms with Gasteiger partial charge in [-0.05, 0) is 24.5 Å². The van der Waals surface area contributed by atoms with E-state index in [1.54, 1.807) is 14.2 Å². The van der Waals surface area contributed by atoms with E-state index in [1.165, 1.54) is 0 Å². The van der Waals surface area contributed by atoms with E-state index in [9.17, 15) is 4.79 Å². The van der Waals surface area contributed by atoms with Gasteiger partial charge in [-0.2, -0.15) is 0 Å². The number of hydrogen-bond donors (Lipinski definition) is 2. The zero-order valence-electron chi connectivity index (χ0n) is 12.4. The smallest absolute Gasteiger partial charge is 0.303 e. The number of ether oxygens (including phenoxy) is 2. The van der Waals surface area contributed by atoms with E-state index in [2.05, 4.69) is 4.90 Å². The maximum atomic E-state index is 10.9. The van der Waals surface area contributed by atoms with Crippen LogP contribution < -0.4 is 20.1 Å². The number of carboxylic acid groups (broad SMARTS) is 1. The van der Waals surface area contributed by atoms with Crippen LogP contribution in [-0.2, 0) is 4.79 Å². The zero-order valence-corrected chi connectivity index (χ0v) is 12.4. The molecular weight excluding hydrogens is 272 g/mol. The molecule has 0 saturated carbocycles. The number of anilines is 1. The van der Waals surface area contributed by atoms with Gasteiger partial charge in [0.15, 0.2) is 11.5 Å². The second-order valence-electron chi connectivity index (χ2n) is 5.40. The first-order valence-corrected chi connectivity index (χ1v) is 6.97. The van der Waals surface area contributed by atoms with Crippen LogP contribution in [0.15, 0.2) is 18.2 Å². The molecule has 6 heteroatoms. The molecule has 1 fully saturated rings. The van der Waals surface area contributed by atoms with Gasteiger partial charge in [0, 0.05) is 37.3 Å². The van der Waals surface area contributed by atoms with E-state index >= 15 is 0 Å². The largest absolute Gasteiger partial charge is 0.493 e. The summed E-state index contributed by atoms with van der Waals surface area (Å²) in [5.41, 5.74) is 7.04. The molecule has 21 heavy (non-hydrogen) atoms. The molecule has 0 aliphatic carbocycles. The van der Waals surface area contributed by atoms with E-state index in [-0.39, 0.29) is 18.4 Å². The predicted octanol–water partition coefficient (Wildman–Crippen LogP) is 1.33. The highest BCUT2D eigenvalue weighted by molar-refractivity contribution is 5.67. The van der Waals surface area contributed by atoms with Crippen molar-refractivity contribution in [2.75, 3.05) is 32.2 Å². The summed E-state index contributed by atoms with van der Waals surface area (Å²) in [5.74, 6) is 0.620. The molecule has 1 aliphatic rings. The molecule has 2 rings (SSSR count). The van der Waals surface area contributed by atoms with Crippen molar-refractivity contribution >= 4 is 11.7 Å². The van der Waals surface area contributed by atoms with Gasteiger partial charge in [0.2, 0.25) is 0 Å². The van der Waals surface area contributed by atoms with Crippen molar-refractivity contribution in [1.29, 1.82) is 0 Å². The highest BCUT2D eigenvalue weighted by Gasteiger charge is 2.27. The van der Waals surface area contributed by atoms with Crippen molar-refractivity contribution in [3.63, 3.8) is 0 Å². The fraction of sp³-hybridized carbons (Fsp3) is 0.533. The molecule has 1 heterocycles. The number of rotatable bonds is 5. The summed E-state index contributed by atoms with van der Waals surface area (Å²) in [7, 11) is 3.19. The van der Waals surface area contributed by atoms with E-state index in [0.29, 0.717) is 24.6 Å². The minimum absolute atomic E-state index is 0.0174. The van der Waals surface area contributed by atoms with Crippen LogP contribution in [0.25, 0.3) is 0 Å². The monoisotopic (exact) mass is 294 g/mol. The highest BCUT2D eigenvalue weighted by Crippen LogP contribution is 2.33. The van der Waals surface area contributed by atoms with Crippen LogP contribution in [0, 0.1) is 5.92 Å². The molecule has 116 valence electrons. The summed E-state index contributed by atoms with van der Waals surface area (Å²) in [6.45, 7) is 1.40. The number of hydrogen-bond acceptors (Lipinski definition) is 5. The molecule has 6 nitrogen and oxygen atoms in total. The van der Waals surface area contributed by atoms with Crippen molar-refractivity contribution in [1.82, 2.24) is 0 Å². The molecule has 0 spiro atoms. The Labute approximate surface area is 124 Å². The Morgan fingerprint density at radius 3 is 2.67 bits per heavy atom. The lowest BCUT2D eigenvalue weighted by molar-refractivity contribution is -0.138. The Kier molecular flexibility index (Phi) is 4.90. The number of carboxylic acids is 1. The standard InChI is InChI=1S/C15H22N2O4/c1-20-13-4-3-12(7-14(13)21-2)17-8-10(6-15(18)19)5-11(16)9-17/h3-4,7,10-11H,5-6,8-9,16H2,1-2H3,(H,18,19). The molecule has 1 aliphatic heterocycles. The van der Waals surface area contributed by atoms with Crippen LogP contribution in [-0.4, -0.2) is 44.4 Å². The van der Waals surface area contributed by atoms with Crippen molar-refractivity contribution < 1.29 is 19.4 Å². The molecule has 0 amide bonds. The number of piperidine rings is 1. The summed E-state index contributed by atoms with van der Waals surface area (Å²) < 4.78 is 10.5. The minimum Gasteiger partial charge on any atom is -0.493 e. The third-order valence-electron chi connectivity index (χ3n) is 3.77. The van der Waals surface area contributed by atoms with Crippen LogP contribution in [0.1, 0.15) is 12.8 Å². The van der Waals surface area contributed by atoms with Crippen molar-refractivity contribution in [3.05, 3.63) is 18.2 Å². The second-order valence-corrected chi connectivity index (χ2v) is 5.40. The van der Waals surface area contributed by atoms with Crippen molar-refractivity contribution in [2.45, 2.75) is 18.9 Å². The van der Waals surface area contributed by atoms with Crippen LogP contribution in [0.4, 0.5) is 5.69 Å². The molecule has 0 radical (unpaired) electrons. The van der Waals surface area contributed by atoms with Gasteiger partial charge < -0.3 is 25.2 Å². The molecule has 0 bridgehead atoms. The van der Waals surface area contributed by atoms with E-state index < -0.39 is 5.97 Å². The minimum atomic E-state index is -0.777. The highest BCUT2D eigenvalue weighted by atomic mass is 16.5. The number of nitrogens with two attached hydrogens (primary N) is 1. The lowest BCUT2D eigenvalue weighted by atomic mass is 9.91. The fourth-order valence-electron chi connectivity index (χ4n) is 2.87. The molecule has 2 unspecified atom stereocenters. The van der Waals surface area contributed by atoms with E-state index in [0.717, 1.165) is 12.1 Å². The van der Waals surface area contributed by atoms with Gasteiger partial charge in [0.25, 0.3) is 0 Å². The third-order valence-corrected chi connectivity index (χ3v) is 3.77. The maximum Gasteiger partial charge on any atom is 0.303 e. The van der Waals surface area contributed by atoms with Crippen LogP contribution >= 0.6 is 0 Å². The fourth-order valence-corrected chi connectivity index (χ4v) is 2.87. The quantitative estimate of drug-likeness (QED) is 0.852. The van der Waals surface area contributed by atoms with Crippen molar-refractivity contribution in [2.24, 2.45) is 11.7 Å². The van der Waals surface area contributed by atoms with Crippen LogP contribution in [0.3, 0.4) is 0 Å². The molecule has 1 aromatic carbocycles. The Balaban J connectivity index is 2.18. The third kappa shape index (κ3) is 3.78. The SMILES string of the molecule is COc1ccc(N2CC(N)CC(CC(=O)O)C2)cc1OC. The second kappa shape index (κ2) is 6.67. The van der Waals surface area contributed by atoms with Gasteiger partial charge >= 0.3 is 5.97 Å². The topological polar surface area (TPSA) is 85.0 Å². The van der Waals surface area contributed by atoms with Gasteiger partial charge in [-0.15, -0.1) is 0 Å². The Morgan fingerprint density at radius 1 is 1.33 bits per heavy atom. The first-order valence-electron chi connectivity index (χ1n) is 6.97. The number of benzene rings is 1. The average molecular weight is 294 g/mol. The number of aliphatic carboxylic acids is 1. The van der Waals surface area contributed by atoms with Gasteiger partial charge in [-0.1, -0.05) is 0 Å². The number of carbonyl (C=O) groups is 1. The Hall–Kier alpha value is -1.95. The Morgan fingerprint density at radius 2 is 2.05 bits per heavy atom. The van der Waals surface area contributed by atoms with Crippen molar-refractivity contribution in [3.8, 4) is 11.5 Å². The zero-order chi connectivity index (χ0) is 15.4. The summed E-state index contributed by atoms with van der Waals surface area (Å²) in [4.78, 5) is 13.0. The molecule has 3 N–H and O–H groups in total. The Bertz CT molecular complexity index is 506. The summed E-state index contributed by atoms with van der Waals surface area (Å²) >= 11 is 0. The number of nitrogens with zero attached hydrogens (tertiary/aromatic N) is 1. The van der Waals surface area contributed by atoms with Crippen LogP contribution in [0.5, 0.6) is 11.5 Å². The molecule has 1 aromatic rings. The van der Waals surface area contributed by atoms with Crippen LogP contribution in [0.2, 0.25) is 0 Å². The molecule has 1 saturated heterocycles. The normalized spacial score (nSPS) is 22.0. The lowest BCUT2D eigenvalue weighted by Gasteiger charge is -2.37. The van der Waals surface area contributed by atoms with E-state index in [1.807, 2.05) is 18.2 Å². The lowest BCUT2D eigenvalue weighted by Crippen LogP contribution is -2.47. The summed E-state index contributed by atoms with van der Waals surface area (Å²) in [6.07, 6.45) is 0.896.